The van der Waals surface area contributed by atoms with Crippen molar-refractivity contribution in [2.24, 2.45) is 4.99 Å². The third kappa shape index (κ3) is 5.28. The highest BCUT2D eigenvalue weighted by Gasteiger charge is 2.45. The van der Waals surface area contributed by atoms with Crippen LogP contribution in [-0.4, -0.2) is 70.5 Å². The van der Waals surface area contributed by atoms with E-state index in [4.69, 9.17) is 13.9 Å². The number of nitrogens with zero attached hydrogens (tertiary/aromatic N) is 3. The van der Waals surface area contributed by atoms with Crippen LogP contribution < -0.4 is 19.1 Å². The van der Waals surface area contributed by atoms with Crippen LogP contribution in [0.2, 0.25) is 0 Å². The minimum Gasteiger partial charge on any atom is -0.497 e. The van der Waals surface area contributed by atoms with Gasteiger partial charge in [-0.25, -0.2) is 13.4 Å². The first kappa shape index (κ1) is 28.0. The Morgan fingerprint density at radius 3 is 2.23 bits per heavy atom. The molecule has 9 nitrogen and oxygen atoms in total. The van der Waals surface area contributed by atoms with E-state index in [-0.39, 0.29) is 16.6 Å². The minimum absolute atomic E-state index is 0.00249. The van der Waals surface area contributed by atoms with Gasteiger partial charge in [0.2, 0.25) is 5.91 Å². The Morgan fingerprint density at radius 1 is 0.975 bits per heavy atom. The fourth-order valence-electron chi connectivity index (χ4n) is 4.77. The van der Waals surface area contributed by atoms with Gasteiger partial charge in [0, 0.05) is 54.0 Å². The number of hydrogen-bond acceptors (Lipinski definition) is 8. The van der Waals surface area contributed by atoms with Gasteiger partial charge in [-0.05, 0) is 73.8 Å². The van der Waals surface area contributed by atoms with Gasteiger partial charge in [0.05, 0.1) is 28.3 Å². The molecule has 1 amide bonds. The largest absolute Gasteiger partial charge is 0.497 e. The summed E-state index contributed by atoms with van der Waals surface area (Å²) in [5.41, 5.74) is 1.75. The van der Waals surface area contributed by atoms with E-state index in [1.165, 1.54) is 6.92 Å². The topological polar surface area (TPSA) is 101 Å². The van der Waals surface area contributed by atoms with E-state index in [9.17, 15) is 13.2 Å². The van der Waals surface area contributed by atoms with Gasteiger partial charge in [0.15, 0.2) is 15.0 Å². The quantitative estimate of drug-likeness (QED) is 0.435. The molecule has 40 heavy (non-hydrogen) atoms. The highest BCUT2D eigenvalue weighted by atomic mass is 32.3. The maximum absolute atomic E-state index is 12.6. The number of aliphatic imine (C=N–C) groups is 1. The molecule has 1 fully saturated rings. The summed E-state index contributed by atoms with van der Waals surface area (Å²) in [5, 5.41) is 3.34. The Balaban J connectivity index is 1.69. The molecular formula is C29H34N4O5S2. The van der Waals surface area contributed by atoms with Crippen molar-refractivity contribution in [3.63, 3.8) is 0 Å². The average molecular weight is 583 g/mol. The number of benzene rings is 3. The summed E-state index contributed by atoms with van der Waals surface area (Å²) in [6.07, 6.45) is 0. The van der Waals surface area contributed by atoms with Crippen molar-refractivity contribution in [1.82, 2.24) is 10.2 Å². The second-order valence-electron chi connectivity index (χ2n) is 9.73. The highest BCUT2D eigenvalue weighted by molar-refractivity contribution is 8.42. The molecule has 3 aromatic rings. The van der Waals surface area contributed by atoms with E-state index in [1.807, 2.05) is 30.3 Å². The molecule has 11 heteroatoms. The number of nitrogens with one attached hydrogen (secondary N) is 1. The van der Waals surface area contributed by atoms with E-state index in [0.717, 1.165) is 41.7 Å². The monoisotopic (exact) mass is 582 g/mol. The Bertz CT molecular complexity index is 1530. The number of rotatable bonds is 7. The molecule has 0 aliphatic carbocycles. The molecule has 2 heterocycles. The number of anilines is 1. The third-order valence-electron chi connectivity index (χ3n) is 7.07. The van der Waals surface area contributed by atoms with Gasteiger partial charge in [-0.3, -0.25) is 4.79 Å². The molecule has 0 radical (unpaired) electrons. The first-order chi connectivity index (χ1) is 19.2. The number of sulfone groups is 1. The Hall–Kier alpha value is -3.54. The van der Waals surface area contributed by atoms with Crippen molar-refractivity contribution >= 4 is 42.6 Å². The molecule has 212 valence electrons. The molecule has 0 spiro atoms. The highest BCUT2D eigenvalue weighted by Crippen LogP contribution is 2.69. The Morgan fingerprint density at radius 2 is 1.62 bits per heavy atom. The number of amidine groups is 1. The molecule has 2 aliphatic heterocycles. The molecule has 0 aromatic heterocycles. The summed E-state index contributed by atoms with van der Waals surface area (Å²) in [7, 11) is -2.28. The molecule has 1 unspecified atom stereocenters. The number of amides is 1. The summed E-state index contributed by atoms with van der Waals surface area (Å²) in [6, 6.07) is 20.1. The number of carbonyl (C=O) groups excluding carboxylic acids is 1. The van der Waals surface area contributed by atoms with Crippen molar-refractivity contribution in [1.29, 1.82) is 0 Å². The number of hydrogen-bond donors (Lipinski definition) is 1. The van der Waals surface area contributed by atoms with E-state index < -0.39 is 20.1 Å². The molecular weight excluding hydrogens is 548 g/mol. The zero-order valence-corrected chi connectivity index (χ0v) is 24.7. The summed E-state index contributed by atoms with van der Waals surface area (Å²) in [5.74, 6) is 0.983. The predicted octanol–water partition coefficient (Wildman–Crippen LogP) is 4.59. The number of methoxy groups -OCH3 is 1. The fourth-order valence-corrected chi connectivity index (χ4v) is 8.73. The maximum Gasteiger partial charge on any atom is 0.222 e. The van der Waals surface area contributed by atoms with E-state index >= 15 is 0 Å². The summed E-state index contributed by atoms with van der Waals surface area (Å²) >= 11 is 0. The second kappa shape index (κ2) is 11.1. The first-order valence-corrected chi connectivity index (χ1v) is 16.3. The normalized spacial score (nSPS) is 20.7. The smallest absolute Gasteiger partial charge is 0.222 e. The standard InChI is InChI=1S/C29H34N4O5S2/c1-5-39(35,36)25-11-13-26(14-12-25)40(38-24-9-7-23(37-4)8-10-24)28-20-22(33-18-16-32(3)17-19-33)6-15-27(28)31-29(40)30-21(2)34/h6-15,20H,5,16-19H2,1-4H3,(H,30,31,34). The lowest BCUT2D eigenvalue weighted by molar-refractivity contribution is -0.117. The van der Waals surface area contributed by atoms with Gasteiger partial charge >= 0.3 is 0 Å². The molecule has 2 aliphatic rings. The SMILES string of the molecule is CCS(=O)(=O)c1ccc(S2(Oc3ccc(OC)cc3)C(NC(C)=O)=Nc3ccc(N4CCN(C)CC4)cc32)cc1. The minimum atomic E-state index is -3.40. The van der Waals surface area contributed by atoms with Gasteiger partial charge < -0.3 is 24.0 Å². The van der Waals surface area contributed by atoms with Crippen LogP contribution in [0.1, 0.15) is 13.8 Å². The van der Waals surface area contributed by atoms with E-state index in [2.05, 4.69) is 34.3 Å². The Kier molecular flexibility index (Phi) is 7.80. The van der Waals surface area contributed by atoms with Crippen LogP contribution in [0.5, 0.6) is 11.5 Å². The van der Waals surface area contributed by atoms with Crippen LogP contribution in [0, 0.1) is 0 Å². The number of fused-ring (bicyclic) bond motifs is 1. The zero-order chi connectivity index (χ0) is 28.5. The number of piperazine rings is 1. The number of carbonyl (C=O) groups is 1. The Labute approximate surface area is 237 Å². The third-order valence-corrected chi connectivity index (χ3v) is 11.9. The lowest BCUT2D eigenvalue weighted by Gasteiger charge is -2.39. The van der Waals surface area contributed by atoms with Gasteiger partial charge in [0.1, 0.15) is 11.5 Å². The van der Waals surface area contributed by atoms with Crippen molar-refractivity contribution in [3.8, 4) is 11.5 Å². The van der Waals surface area contributed by atoms with Crippen molar-refractivity contribution < 1.29 is 22.1 Å². The lowest BCUT2D eigenvalue weighted by atomic mass is 10.2. The molecule has 0 bridgehead atoms. The average Bonchev–Trinajstić information content (AvgIpc) is 3.26. The second-order valence-corrected chi connectivity index (χ2v) is 14.6. The molecule has 1 atom stereocenters. The summed E-state index contributed by atoms with van der Waals surface area (Å²) in [4.78, 5) is 23.7. The van der Waals surface area contributed by atoms with E-state index in [0.29, 0.717) is 22.4 Å². The summed E-state index contributed by atoms with van der Waals surface area (Å²) in [6.45, 7) is 6.75. The zero-order valence-electron chi connectivity index (χ0n) is 23.1. The van der Waals surface area contributed by atoms with Gasteiger partial charge in [-0.2, -0.15) is 0 Å². The van der Waals surface area contributed by atoms with Crippen LogP contribution in [0.4, 0.5) is 11.4 Å². The summed E-state index contributed by atoms with van der Waals surface area (Å²) < 4.78 is 37.4. The van der Waals surface area contributed by atoms with Crippen LogP contribution in [-0.2, 0) is 14.6 Å². The van der Waals surface area contributed by atoms with Crippen LogP contribution in [0.25, 0.3) is 0 Å². The molecule has 1 saturated heterocycles. The molecule has 5 rings (SSSR count). The lowest BCUT2D eigenvalue weighted by Crippen LogP contribution is -2.44. The van der Waals surface area contributed by atoms with Gasteiger partial charge in [-0.1, -0.05) is 6.92 Å². The maximum atomic E-state index is 12.6. The number of ether oxygens (including phenoxy) is 1. The molecule has 1 N–H and O–H groups in total. The number of likely N-dealkylation sites (N-methyl/N-ethyl adjacent to an activating group) is 1. The van der Waals surface area contributed by atoms with Gasteiger partial charge in [-0.15, -0.1) is 0 Å². The first-order valence-electron chi connectivity index (χ1n) is 13.1. The van der Waals surface area contributed by atoms with E-state index in [1.54, 1.807) is 38.3 Å². The fraction of sp³-hybridized carbons (Fsp3) is 0.310. The molecule has 0 saturated carbocycles. The molecule has 3 aromatic carbocycles. The predicted molar refractivity (Wildman–Crippen MR) is 159 cm³/mol. The van der Waals surface area contributed by atoms with Crippen LogP contribution >= 0.6 is 10.3 Å². The van der Waals surface area contributed by atoms with Crippen molar-refractivity contribution in [2.45, 2.75) is 28.5 Å². The van der Waals surface area contributed by atoms with Crippen LogP contribution in [0.15, 0.2) is 86.4 Å². The van der Waals surface area contributed by atoms with Crippen molar-refractivity contribution in [2.75, 3.05) is 51.0 Å². The van der Waals surface area contributed by atoms with Crippen LogP contribution in [0.3, 0.4) is 0 Å². The van der Waals surface area contributed by atoms with Crippen molar-refractivity contribution in [3.05, 3.63) is 66.7 Å². The van der Waals surface area contributed by atoms with Gasteiger partial charge in [0.25, 0.3) is 0 Å².